The number of carbonyl (C=O) groups excluding carboxylic acids is 1. The third kappa shape index (κ3) is 4.04. The van der Waals surface area contributed by atoms with Gasteiger partial charge in [-0.2, -0.15) is 0 Å². The van der Waals surface area contributed by atoms with E-state index >= 15 is 0 Å². The summed E-state index contributed by atoms with van der Waals surface area (Å²) in [6, 6.07) is 7.15. The molecule has 0 fully saturated rings. The molecule has 1 amide bonds. The number of rotatable bonds is 6. The maximum Gasteiger partial charge on any atom is 0.237 e. The Kier molecular flexibility index (Phi) is 5.65. The SMILES string of the molecule is CCCC(N)C(=O)N[C@H](C)c1cccc(OC)c1. The fraction of sp³-hybridized carbons (Fsp3) is 0.500. The minimum absolute atomic E-state index is 0.0736. The summed E-state index contributed by atoms with van der Waals surface area (Å²) in [7, 11) is 1.62. The molecule has 0 heterocycles. The van der Waals surface area contributed by atoms with Gasteiger partial charge in [-0.15, -0.1) is 0 Å². The Balaban J connectivity index is 2.64. The van der Waals surface area contributed by atoms with Crippen molar-refractivity contribution in [1.82, 2.24) is 5.32 Å². The normalized spacial score (nSPS) is 13.8. The molecule has 0 aliphatic carbocycles. The lowest BCUT2D eigenvalue weighted by molar-refractivity contribution is -0.123. The van der Waals surface area contributed by atoms with Crippen LogP contribution in [0.2, 0.25) is 0 Å². The fourth-order valence-electron chi connectivity index (χ4n) is 1.76. The van der Waals surface area contributed by atoms with Gasteiger partial charge in [0.2, 0.25) is 5.91 Å². The maximum absolute atomic E-state index is 11.8. The first-order valence-corrected chi connectivity index (χ1v) is 6.28. The standard InChI is InChI=1S/C14H22N2O2/c1-4-6-13(15)14(17)16-10(2)11-7-5-8-12(9-11)18-3/h5,7-10,13H,4,6,15H2,1-3H3,(H,16,17)/t10-,13?/m1/s1. The van der Waals surface area contributed by atoms with E-state index in [1.54, 1.807) is 7.11 Å². The Morgan fingerprint density at radius 1 is 1.50 bits per heavy atom. The first-order chi connectivity index (χ1) is 8.58. The van der Waals surface area contributed by atoms with E-state index < -0.39 is 6.04 Å². The molecule has 2 atom stereocenters. The lowest BCUT2D eigenvalue weighted by Crippen LogP contribution is -2.41. The van der Waals surface area contributed by atoms with E-state index in [4.69, 9.17) is 10.5 Å². The molecule has 0 aromatic heterocycles. The molecule has 4 nitrogen and oxygen atoms in total. The van der Waals surface area contributed by atoms with Crippen molar-refractivity contribution in [1.29, 1.82) is 0 Å². The van der Waals surface area contributed by atoms with Crippen LogP contribution in [0.25, 0.3) is 0 Å². The molecule has 0 spiro atoms. The summed E-state index contributed by atoms with van der Waals surface area (Å²) in [4.78, 5) is 11.8. The van der Waals surface area contributed by atoms with Crippen LogP contribution in [0.3, 0.4) is 0 Å². The van der Waals surface area contributed by atoms with Crippen LogP contribution in [0, 0.1) is 0 Å². The van der Waals surface area contributed by atoms with Crippen LogP contribution >= 0.6 is 0 Å². The Labute approximate surface area is 109 Å². The molecular formula is C14H22N2O2. The highest BCUT2D eigenvalue weighted by molar-refractivity contribution is 5.81. The summed E-state index contributed by atoms with van der Waals surface area (Å²) < 4.78 is 5.16. The van der Waals surface area contributed by atoms with Crippen LogP contribution in [0.1, 0.15) is 38.3 Å². The van der Waals surface area contributed by atoms with Gasteiger partial charge in [-0.25, -0.2) is 0 Å². The Hall–Kier alpha value is -1.55. The molecule has 0 saturated carbocycles. The highest BCUT2D eigenvalue weighted by Crippen LogP contribution is 2.18. The van der Waals surface area contributed by atoms with Crippen molar-refractivity contribution in [2.75, 3.05) is 7.11 Å². The zero-order valence-corrected chi connectivity index (χ0v) is 11.3. The second kappa shape index (κ2) is 7.01. The van der Waals surface area contributed by atoms with E-state index in [0.717, 1.165) is 17.7 Å². The van der Waals surface area contributed by atoms with Crippen molar-refractivity contribution in [3.05, 3.63) is 29.8 Å². The van der Waals surface area contributed by atoms with Gasteiger partial charge in [0.25, 0.3) is 0 Å². The second-order valence-corrected chi connectivity index (χ2v) is 4.40. The molecule has 0 radical (unpaired) electrons. The molecule has 1 rings (SSSR count). The van der Waals surface area contributed by atoms with Crippen LogP contribution in [0.4, 0.5) is 0 Å². The highest BCUT2D eigenvalue weighted by Gasteiger charge is 2.15. The van der Waals surface area contributed by atoms with E-state index in [0.29, 0.717) is 6.42 Å². The second-order valence-electron chi connectivity index (χ2n) is 4.40. The van der Waals surface area contributed by atoms with Gasteiger partial charge in [-0.05, 0) is 31.0 Å². The average molecular weight is 250 g/mol. The predicted octanol–water partition coefficient (Wildman–Crippen LogP) is 2.00. The summed E-state index contributed by atoms with van der Waals surface area (Å²) in [5, 5.41) is 2.91. The molecule has 0 bridgehead atoms. The predicted molar refractivity (Wildman–Crippen MR) is 72.4 cm³/mol. The van der Waals surface area contributed by atoms with Crippen LogP contribution in [-0.2, 0) is 4.79 Å². The number of methoxy groups -OCH3 is 1. The number of nitrogens with two attached hydrogens (primary N) is 1. The quantitative estimate of drug-likeness (QED) is 0.811. The smallest absolute Gasteiger partial charge is 0.237 e. The molecule has 4 heteroatoms. The van der Waals surface area contributed by atoms with Crippen molar-refractivity contribution >= 4 is 5.91 Å². The first-order valence-electron chi connectivity index (χ1n) is 6.28. The lowest BCUT2D eigenvalue weighted by atomic mass is 10.1. The van der Waals surface area contributed by atoms with Crippen molar-refractivity contribution in [2.24, 2.45) is 5.73 Å². The van der Waals surface area contributed by atoms with E-state index in [-0.39, 0.29) is 11.9 Å². The van der Waals surface area contributed by atoms with Gasteiger partial charge in [0.15, 0.2) is 0 Å². The first kappa shape index (κ1) is 14.5. The maximum atomic E-state index is 11.8. The average Bonchev–Trinajstić information content (AvgIpc) is 2.39. The Morgan fingerprint density at radius 2 is 2.22 bits per heavy atom. The van der Waals surface area contributed by atoms with Crippen LogP contribution in [0.15, 0.2) is 24.3 Å². The minimum atomic E-state index is -0.428. The molecule has 1 aromatic rings. The number of carbonyl (C=O) groups is 1. The van der Waals surface area contributed by atoms with Crippen LogP contribution < -0.4 is 15.8 Å². The van der Waals surface area contributed by atoms with Gasteiger partial charge < -0.3 is 15.8 Å². The molecular weight excluding hydrogens is 228 g/mol. The van der Waals surface area contributed by atoms with Crippen molar-refractivity contribution in [3.8, 4) is 5.75 Å². The van der Waals surface area contributed by atoms with Crippen LogP contribution in [-0.4, -0.2) is 19.1 Å². The number of amides is 1. The highest BCUT2D eigenvalue weighted by atomic mass is 16.5. The van der Waals surface area contributed by atoms with Gasteiger partial charge in [0.05, 0.1) is 19.2 Å². The number of benzene rings is 1. The largest absolute Gasteiger partial charge is 0.497 e. The van der Waals surface area contributed by atoms with Gasteiger partial charge in [-0.1, -0.05) is 25.5 Å². The Bertz CT molecular complexity index is 393. The molecule has 100 valence electrons. The van der Waals surface area contributed by atoms with Crippen LogP contribution in [0.5, 0.6) is 5.75 Å². The molecule has 0 aliphatic heterocycles. The summed E-state index contributed by atoms with van der Waals surface area (Å²) in [5.74, 6) is 0.679. The number of ether oxygens (including phenoxy) is 1. The molecule has 1 aromatic carbocycles. The topological polar surface area (TPSA) is 64.4 Å². The summed E-state index contributed by atoms with van der Waals surface area (Å²) in [6.07, 6.45) is 1.61. The van der Waals surface area contributed by atoms with Gasteiger partial charge in [0, 0.05) is 0 Å². The fourth-order valence-corrected chi connectivity index (χ4v) is 1.76. The molecule has 18 heavy (non-hydrogen) atoms. The number of hydrogen-bond acceptors (Lipinski definition) is 3. The molecule has 1 unspecified atom stereocenters. The summed E-state index contributed by atoms with van der Waals surface area (Å²) in [5.41, 5.74) is 6.78. The third-order valence-electron chi connectivity index (χ3n) is 2.89. The number of nitrogens with one attached hydrogen (secondary N) is 1. The zero-order valence-electron chi connectivity index (χ0n) is 11.3. The van der Waals surface area contributed by atoms with Crippen molar-refractivity contribution in [2.45, 2.75) is 38.8 Å². The summed E-state index contributed by atoms with van der Waals surface area (Å²) in [6.45, 7) is 3.95. The van der Waals surface area contributed by atoms with Crippen molar-refractivity contribution in [3.63, 3.8) is 0 Å². The molecule has 3 N–H and O–H groups in total. The van der Waals surface area contributed by atoms with Gasteiger partial charge in [-0.3, -0.25) is 4.79 Å². The summed E-state index contributed by atoms with van der Waals surface area (Å²) >= 11 is 0. The third-order valence-corrected chi connectivity index (χ3v) is 2.89. The van der Waals surface area contributed by atoms with Gasteiger partial charge in [0.1, 0.15) is 5.75 Å². The Morgan fingerprint density at radius 3 is 2.83 bits per heavy atom. The zero-order chi connectivity index (χ0) is 13.5. The van der Waals surface area contributed by atoms with E-state index in [1.807, 2.05) is 38.1 Å². The van der Waals surface area contributed by atoms with E-state index in [9.17, 15) is 4.79 Å². The molecule has 0 saturated heterocycles. The van der Waals surface area contributed by atoms with E-state index in [2.05, 4.69) is 5.32 Å². The van der Waals surface area contributed by atoms with Crippen molar-refractivity contribution < 1.29 is 9.53 Å². The number of hydrogen-bond donors (Lipinski definition) is 2. The molecule has 0 aliphatic rings. The van der Waals surface area contributed by atoms with E-state index in [1.165, 1.54) is 0 Å². The minimum Gasteiger partial charge on any atom is -0.497 e. The lowest BCUT2D eigenvalue weighted by Gasteiger charge is -2.18. The monoisotopic (exact) mass is 250 g/mol. The van der Waals surface area contributed by atoms with Gasteiger partial charge >= 0.3 is 0 Å².